The molecule has 80 valence electrons. The van der Waals surface area contributed by atoms with Crippen molar-refractivity contribution in [3.8, 4) is 0 Å². The Balaban J connectivity index is 0.000000195. The zero-order valence-electron chi connectivity index (χ0n) is 9.32. The van der Waals surface area contributed by atoms with Gasteiger partial charge in [-0.25, -0.2) is 0 Å². The molecule has 0 atom stereocenters. The molecule has 2 aromatic rings. The van der Waals surface area contributed by atoms with Gasteiger partial charge in [0, 0.05) is 32.7 Å². The van der Waals surface area contributed by atoms with E-state index in [4.69, 9.17) is 0 Å². The molecule has 1 aromatic carbocycles. The normalized spacial score (nSPS) is 9.27. The summed E-state index contributed by atoms with van der Waals surface area (Å²) in [6.45, 7) is 1.47. The van der Waals surface area contributed by atoms with Gasteiger partial charge in [-0.3, -0.25) is 4.79 Å². The van der Waals surface area contributed by atoms with Crippen molar-refractivity contribution in [3.63, 3.8) is 0 Å². The van der Waals surface area contributed by atoms with Crippen LogP contribution >= 0.6 is 0 Å². The van der Waals surface area contributed by atoms with Crippen molar-refractivity contribution in [1.29, 1.82) is 0 Å². The summed E-state index contributed by atoms with van der Waals surface area (Å²) >= 11 is 0. The maximum atomic E-state index is 9.70. The summed E-state index contributed by atoms with van der Waals surface area (Å²) < 4.78 is 2.12. The van der Waals surface area contributed by atoms with Gasteiger partial charge in [-0.1, -0.05) is 18.2 Å². The summed E-state index contributed by atoms with van der Waals surface area (Å²) in [5.74, 6) is 0.00463. The van der Waals surface area contributed by atoms with Gasteiger partial charge in [0.2, 0.25) is 5.91 Å². The van der Waals surface area contributed by atoms with Crippen LogP contribution in [0.3, 0.4) is 0 Å². The van der Waals surface area contributed by atoms with Crippen LogP contribution in [0.2, 0.25) is 0 Å². The molecule has 0 aliphatic heterocycles. The second-order valence-electron chi connectivity index (χ2n) is 3.29. The number of benzene rings is 1. The third-order valence-corrected chi connectivity index (χ3v) is 2.15. The zero-order valence-corrected chi connectivity index (χ0v) is 9.32. The van der Waals surface area contributed by atoms with E-state index in [-0.39, 0.29) is 5.91 Å². The summed E-state index contributed by atoms with van der Waals surface area (Å²) in [5, 5.41) is 3.70. The number of amides is 1. The van der Waals surface area contributed by atoms with E-state index in [9.17, 15) is 4.79 Å². The number of aromatic nitrogens is 1. The highest BCUT2D eigenvalue weighted by Gasteiger charge is 1.92. The van der Waals surface area contributed by atoms with Crippen LogP contribution in [0.1, 0.15) is 6.92 Å². The summed E-state index contributed by atoms with van der Waals surface area (Å²) in [6, 6.07) is 10.5. The predicted molar refractivity (Wildman–Crippen MR) is 62.7 cm³/mol. The first-order chi connectivity index (χ1) is 7.15. The van der Waals surface area contributed by atoms with Gasteiger partial charge in [0.1, 0.15) is 0 Å². The monoisotopic (exact) mass is 204 g/mol. The molecule has 0 unspecified atom stereocenters. The quantitative estimate of drug-likeness (QED) is 0.699. The molecule has 3 heteroatoms. The van der Waals surface area contributed by atoms with Gasteiger partial charge >= 0.3 is 0 Å². The van der Waals surface area contributed by atoms with Crippen LogP contribution in [0.25, 0.3) is 10.9 Å². The minimum atomic E-state index is 0.00463. The molecule has 0 saturated carbocycles. The molecule has 0 bridgehead atoms. The third kappa shape index (κ3) is 3.13. The molecule has 0 spiro atoms. The number of hydrogen-bond acceptors (Lipinski definition) is 1. The van der Waals surface area contributed by atoms with E-state index in [2.05, 4.69) is 53.5 Å². The van der Waals surface area contributed by atoms with Crippen molar-refractivity contribution in [2.75, 3.05) is 7.05 Å². The Hall–Kier alpha value is -1.77. The molecule has 15 heavy (non-hydrogen) atoms. The molecule has 0 aliphatic rings. The molecule has 1 amide bonds. The van der Waals surface area contributed by atoms with Gasteiger partial charge in [-0.15, -0.1) is 0 Å². The fourth-order valence-electron chi connectivity index (χ4n) is 1.22. The molecule has 0 radical (unpaired) electrons. The summed E-state index contributed by atoms with van der Waals surface area (Å²) in [6.07, 6.45) is 2.07. The summed E-state index contributed by atoms with van der Waals surface area (Å²) in [4.78, 5) is 9.70. The van der Waals surface area contributed by atoms with Gasteiger partial charge in [0.05, 0.1) is 0 Å². The van der Waals surface area contributed by atoms with Crippen molar-refractivity contribution in [1.82, 2.24) is 9.88 Å². The molecule has 2 rings (SSSR count). The van der Waals surface area contributed by atoms with Crippen molar-refractivity contribution in [2.24, 2.45) is 7.05 Å². The summed E-state index contributed by atoms with van der Waals surface area (Å²) in [5.41, 5.74) is 1.29. The molecular formula is C12H16N2O. The van der Waals surface area contributed by atoms with Gasteiger partial charge in [0.15, 0.2) is 0 Å². The van der Waals surface area contributed by atoms with E-state index in [1.807, 2.05) is 0 Å². The molecule has 0 fully saturated rings. The Kier molecular flexibility index (Phi) is 3.92. The van der Waals surface area contributed by atoms with Gasteiger partial charge in [0.25, 0.3) is 0 Å². The lowest BCUT2D eigenvalue weighted by Crippen LogP contribution is -2.11. The van der Waals surface area contributed by atoms with E-state index < -0.39 is 0 Å². The van der Waals surface area contributed by atoms with E-state index in [0.717, 1.165) is 0 Å². The number of carbonyl (C=O) groups is 1. The van der Waals surface area contributed by atoms with Gasteiger partial charge < -0.3 is 9.88 Å². The largest absolute Gasteiger partial charge is 0.359 e. The van der Waals surface area contributed by atoms with E-state index in [1.54, 1.807) is 7.05 Å². The highest BCUT2D eigenvalue weighted by Crippen LogP contribution is 2.12. The molecule has 1 aromatic heterocycles. The first-order valence-corrected chi connectivity index (χ1v) is 4.83. The Bertz CT molecular complexity index is 446. The van der Waals surface area contributed by atoms with E-state index in [1.165, 1.54) is 17.8 Å². The lowest BCUT2D eigenvalue weighted by molar-refractivity contribution is -0.118. The number of hydrogen-bond donors (Lipinski definition) is 1. The Morgan fingerprint density at radius 1 is 1.27 bits per heavy atom. The zero-order chi connectivity index (χ0) is 11.3. The SMILES string of the molecule is CNC(C)=O.Cn1ccc2ccccc21. The molecule has 3 nitrogen and oxygen atoms in total. The van der Waals surface area contributed by atoms with Crippen molar-refractivity contribution < 1.29 is 4.79 Å². The lowest BCUT2D eigenvalue weighted by atomic mass is 10.2. The van der Waals surface area contributed by atoms with Gasteiger partial charge in [-0.2, -0.15) is 0 Å². The fourth-order valence-corrected chi connectivity index (χ4v) is 1.22. The Morgan fingerprint density at radius 2 is 1.87 bits per heavy atom. The number of nitrogens with zero attached hydrogens (tertiary/aromatic N) is 1. The number of rotatable bonds is 0. The first kappa shape index (κ1) is 11.3. The first-order valence-electron chi connectivity index (χ1n) is 4.83. The lowest BCUT2D eigenvalue weighted by Gasteiger charge is -1.92. The van der Waals surface area contributed by atoms with Crippen LogP contribution in [-0.4, -0.2) is 17.5 Å². The van der Waals surface area contributed by atoms with Crippen LogP contribution in [-0.2, 0) is 11.8 Å². The Labute approximate surface area is 89.7 Å². The maximum absolute atomic E-state index is 9.70. The van der Waals surface area contributed by atoms with Crippen LogP contribution in [0, 0.1) is 0 Å². The van der Waals surface area contributed by atoms with E-state index in [0.29, 0.717) is 0 Å². The average Bonchev–Trinajstić information content (AvgIpc) is 2.62. The minimum absolute atomic E-state index is 0.00463. The smallest absolute Gasteiger partial charge is 0.216 e. The molecular weight excluding hydrogens is 188 g/mol. The van der Waals surface area contributed by atoms with E-state index >= 15 is 0 Å². The number of nitrogens with one attached hydrogen (secondary N) is 1. The third-order valence-electron chi connectivity index (χ3n) is 2.15. The molecule has 1 heterocycles. The van der Waals surface area contributed by atoms with Crippen LogP contribution in [0.15, 0.2) is 36.5 Å². The second kappa shape index (κ2) is 5.20. The highest BCUT2D eigenvalue weighted by atomic mass is 16.1. The Morgan fingerprint density at radius 3 is 2.40 bits per heavy atom. The van der Waals surface area contributed by atoms with Crippen LogP contribution < -0.4 is 5.32 Å². The number of fused-ring (bicyclic) bond motifs is 1. The summed E-state index contributed by atoms with van der Waals surface area (Å²) in [7, 11) is 3.66. The van der Waals surface area contributed by atoms with Gasteiger partial charge in [-0.05, 0) is 17.5 Å². The standard InChI is InChI=1S/C9H9N.C3H7NO/c1-10-7-6-8-4-2-3-5-9(8)10;1-3(5)4-2/h2-7H,1H3;1-2H3,(H,4,5). The topological polar surface area (TPSA) is 34.0 Å². The second-order valence-corrected chi connectivity index (χ2v) is 3.29. The van der Waals surface area contributed by atoms with Crippen molar-refractivity contribution in [2.45, 2.75) is 6.92 Å². The maximum Gasteiger partial charge on any atom is 0.216 e. The predicted octanol–water partition coefficient (Wildman–Crippen LogP) is 1.93. The fraction of sp³-hybridized carbons (Fsp3) is 0.250. The molecule has 1 N–H and O–H groups in total. The van der Waals surface area contributed by atoms with Crippen molar-refractivity contribution >= 4 is 16.8 Å². The average molecular weight is 204 g/mol. The number of aryl methyl sites for hydroxylation is 1. The highest BCUT2D eigenvalue weighted by molar-refractivity contribution is 5.79. The molecule has 0 saturated heterocycles. The number of para-hydroxylation sites is 1. The number of carbonyl (C=O) groups excluding carboxylic acids is 1. The molecule has 0 aliphatic carbocycles. The van der Waals surface area contributed by atoms with Crippen molar-refractivity contribution in [3.05, 3.63) is 36.5 Å². The van der Waals surface area contributed by atoms with Crippen LogP contribution in [0.5, 0.6) is 0 Å². The minimum Gasteiger partial charge on any atom is -0.359 e. The van der Waals surface area contributed by atoms with Crippen LogP contribution in [0.4, 0.5) is 0 Å².